The molecule has 0 bridgehead atoms. The van der Waals surface area contributed by atoms with E-state index in [0.29, 0.717) is 61.8 Å². The number of hydrogen-bond acceptors (Lipinski definition) is 8. The number of carbonyl (C=O) groups excluding carboxylic acids is 4. The van der Waals surface area contributed by atoms with Crippen molar-refractivity contribution in [1.29, 1.82) is 0 Å². The van der Waals surface area contributed by atoms with Crippen LogP contribution in [0, 0.1) is 0 Å². The first-order valence-corrected chi connectivity index (χ1v) is 42.6. The van der Waals surface area contributed by atoms with Crippen LogP contribution in [0.4, 0.5) is 0 Å². The third-order valence-electron chi connectivity index (χ3n) is 22.1. The van der Waals surface area contributed by atoms with Crippen molar-refractivity contribution in [2.75, 3.05) is 39.5 Å². The molecule has 0 saturated carbocycles. The molecule has 0 unspecified atom stereocenters. The number of amides is 4. The third kappa shape index (κ3) is 23.5. The van der Waals surface area contributed by atoms with Crippen LogP contribution in [0.2, 0.25) is 0 Å². The highest BCUT2D eigenvalue weighted by Gasteiger charge is 2.38. The molecule has 9 rings (SSSR count). The fourth-order valence-electron chi connectivity index (χ4n) is 15.9. The van der Waals surface area contributed by atoms with E-state index in [4.69, 9.17) is 18.9 Å². The van der Waals surface area contributed by atoms with E-state index in [0.717, 1.165) is 178 Å². The van der Waals surface area contributed by atoms with Gasteiger partial charge in [0.15, 0.2) is 0 Å². The minimum Gasteiger partial charge on any atom is -0.493 e. The standard InChI is InChI=1S/C94H132N2O8/c1-7-13-19-25-31-33-35-37-39-45-51-95-91(97)85-65-73-57-71-63-82-72(64-81(71)89(83(73)69-87(85)93(95)99)75-59-77(101-53-47-41-27-21-15-9-3)67-78(60-75)102-54-48-42-28-22-16-10-4)58-74-66-86-88(94(100)96(92(86)98)52-46-40-38-36-34-32-26-20-14-8-2)70-84(74)90(82)76-61-79(103-55-49-43-29-23-17-11-5)68-80(62-76)104-56-50-44-30-24-18-12-6/h57-70H,7-56H2,1-6H3. The Morgan fingerprint density at radius 1 is 0.221 bits per heavy atom. The molecule has 10 heteroatoms. The van der Waals surface area contributed by atoms with E-state index in [2.05, 4.69) is 90.1 Å². The monoisotopic (exact) mass is 1420 g/mol. The molecule has 0 N–H and O–H groups in total. The van der Waals surface area contributed by atoms with E-state index in [9.17, 15) is 19.2 Å². The zero-order valence-electron chi connectivity index (χ0n) is 65.6. The summed E-state index contributed by atoms with van der Waals surface area (Å²) in [5, 5.41) is 7.22. The van der Waals surface area contributed by atoms with Gasteiger partial charge in [-0.15, -0.1) is 0 Å². The summed E-state index contributed by atoms with van der Waals surface area (Å²) in [6, 6.07) is 29.6. The Morgan fingerprint density at radius 2 is 0.433 bits per heavy atom. The van der Waals surface area contributed by atoms with Gasteiger partial charge in [0, 0.05) is 25.2 Å². The molecule has 0 aromatic heterocycles. The van der Waals surface area contributed by atoms with Gasteiger partial charge >= 0.3 is 0 Å². The predicted molar refractivity (Wildman–Crippen MR) is 437 cm³/mol. The normalized spacial score (nSPS) is 12.9. The number of rotatable bonds is 56. The van der Waals surface area contributed by atoms with Gasteiger partial charge in [0.25, 0.3) is 23.6 Å². The maximum Gasteiger partial charge on any atom is 0.261 e. The first-order chi connectivity index (χ1) is 51.1. The fraction of sp³-hybridized carbons (Fsp3) is 0.596. The van der Waals surface area contributed by atoms with Crippen LogP contribution in [0.3, 0.4) is 0 Å². The highest BCUT2D eigenvalue weighted by Crippen LogP contribution is 2.47. The Bertz CT molecular complexity index is 3510. The summed E-state index contributed by atoms with van der Waals surface area (Å²) in [6.45, 7) is 16.6. The van der Waals surface area contributed by atoms with E-state index in [1.807, 2.05) is 36.4 Å². The summed E-state index contributed by atoms with van der Waals surface area (Å²) >= 11 is 0. The summed E-state index contributed by atoms with van der Waals surface area (Å²) < 4.78 is 27.1. The molecule has 104 heavy (non-hydrogen) atoms. The first-order valence-electron chi connectivity index (χ1n) is 42.6. The molecule has 0 saturated heterocycles. The third-order valence-corrected chi connectivity index (χ3v) is 22.1. The molecule has 566 valence electrons. The smallest absolute Gasteiger partial charge is 0.261 e. The van der Waals surface area contributed by atoms with E-state index >= 15 is 0 Å². The predicted octanol–water partition coefficient (Wildman–Crippen LogP) is 27.6. The average molecular weight is 1420 g/mol. The average Bonchev–Trinajstić information content (AvgIpc) is 1.65. The van der Waals surface area contributed by atoms with Crippen molar-refractivity contribution in [2.45, 2.75) is 324 Å². The van der Waals surface area contributed by atoms with Gasteiger partial charge in [-0.1, -0.05) is 286 Å². The maximum atomic E-state index is 14.9. The molecule has 0 fully saturated rings. The van der Waals surface area contributed by atoms with Gasteiger partial charge < -0.3 is 18.9 Å². The lowest BCUT2D eigenvalue weighted by atomic mass is 9.85. The zero-order valence-corrected chi connectivity index (χ0v) is 65.6. The second-order valence-electron chi connectivity index (χ2n) is 30.8. The lowest BCUT2D eigenvalue weighted by molar-refractivity contribution is 0.0636. The van der Waals surface area contributed by atoms with Crippen molar-refractivity contribution in [2.24, 2.45) is 0 Å². The number of carbonyl (C=O) groups is 4. The van der Waals surface area contributed by atoms with Gasteiger partial charge in [-0.25, -0.2) is 0 Å². The van der Waals surface area contributed by atoms with Crippen LogP contribution in [0.5, 0.6) is 23.0 Å². The number of unbranched alkanes of at least 4 members (excludes halogenated alkanes) is 38. The van der Waals surface area contributed by atoms with Crippen LogP contribution in [0.25, 0.3) is 65.3 Å². The van der Waals surface area contributed by atoms with Crippen LogP contribution in [0.15, 0.2) is 84.9 Å². The molecule has 0 spiro atoms. The minimum atomic E-state index is -0.237. The largest absolute Gasteiger partial charge is 0.493 e. The lowest BCUT2D eigenvalue weighted by Crippen LogP contribution is -2.30. The van der Waals surface area contributed by atoms with Crippen molar-refractivity contribution >= 4 is 66.7 Å². The Balaban J connectivity index is 1.19. The molecule has 7 aromatic carbocycles. The molecular formula is C94H132N2O8. The number of benzene rings is 7. The maximum absolute atomic E-state index is 14.9. The Kier molecular flexibility index (Phi) is 35.0. The molecule has 2 aliphatic heterocycles. The van der Waals surface area contributed by atoms with Crippen LogP contribution in [-0.4, -0.2) is 72.9 Å². The van der Waals surface area contributed by atoms with Crippen molar-refractivity contribution in [3.05, 3.63) is 107 Å². The summed E-state index contributed by atoms with van der Waals surface area (Å²) in [5.41, 5.74) is 5.36. The van der Waals surface area contributed by atoms with Gasteiger partial charge in [-0.3, -0.25) is 29.0 Å². The fourth-order valence-corrected chi connectivity index (χ4v) is 15.9. The van der Waals surface area contributed by atoms with E-state index < -0.39 is 0 Å². The number of imide groups is 2. The molecule has 0 atom stereocenters. The molecule has 7 aromatic rings. The van der Waals surface area contributed by atoms with Crippen molar-refractivity contribution in [3.63, 3.8) is 0 Å². The van der Waals surface area contributed by atoms with Crippen LogP contribution in [-0.2, 0) is 0 Å². The Hall–Kier alpha value is -6.94. The lowest BCUT2D eigenvalue weighted by Gasteiger charge is -2.19. The second kappa shape index (κ2) is 44.9. The summed E-state index contributed by atoms with van der Waals surface area (Å²) in [7, 11) is 0. The van der Waals surface area contributed by atoms with Crippen molar-refractivity contribution in [3.8, 4) is 45.3 Å². The topological polar surface area (TPSA) is 112 Å². The SMILES string of the molecule is CCCCCCCCCCCCN1C(=O)c2cc3cc4cc5c(-c6cc(OCCCCCCCC)cc(OCCCCCCCC)c6)c6cc7c(cc6cc5cc4c(-c4cc(OCCCCCCCC)cc(OCCCCCCCC)c4)c3cc2C1=O)C(=O)N(CCCCCCCCCCCC)C7=O. The van der Waals surface area contributed by atoms with Crippen molar-refractivity contribution in [1.82, 2.24) is 9.80 Å². The number of nitrogens with zero attached hydrogens (tertiary/aromatic N) is 2. The molecular weight excluding hydrogens is 1290 g/mol. The van der Waals surface area contributed by atoms with E-state index in [1.54, 1.807) is 0 Å². The quantitative estimate of drug-likeness (QED) is 0.0211. The van der Waals surface area contributed by atoms with E-state index in [1.165, 1.54) is 202 Å². The second-order valence-corrected chi connectivity index (χ2v) is 30.8. The Morgan fingerprint density at radius 3 is 0.692 bits per heavy atom. The van der Waals surface area contributed by atoms with Gasteiger partial charge in [0.1, 0.15) is 23.0 Å². The van der Waals surface area contributed by atoms with Crippen LogP contribution < -0.4 is 18.9 Å². The molecule has 4 amide bonds. The number of fused-ring (bicyclic) bond motifs is 6. The summed E-state index contributed by atoms with van der Waals surface area (Å²) in [6.07, 6.45) is 50.9. The minimum absolute atomic E-state index is 0.233. The number of ether oxygens (including phenoxy) is 4. The zero-order chi connectivity index (χ0) is 73.1. The highest BCUT2D eigenvalue weighted by molar-refractivity contribution is 6.28. The molecule has 0 aliphatic carbocycles. The van der Waals surface area contributed by atoms with Crippen LogP contribution >= 0.6 is 0 Å². The van der Waals surface area contributed by atoms with Gasteiger partial charge in [0.2, 0.25) is 0 Å². The summed E-state index contributed by atoms with van der Waals surface area (Å²) in [5.74, 6) is 1.97. The first kappa shape index (κ1) is 81.1. The van der Waals surface area contributed by atoms with E-state index in [-0.39, 0.29) is 23.6 Å². The number of hydrogen-bond donors (Lipinski definition) is 0. The summed E-state index contributed by atoms with van der Waals surface area (Å²) in [4.78, 5) is 62.2. The Labute approximate surface area is 627 Å². The molecule has 10 nitrogen and oxygen atoms in total. The van der Waals surface area contributed by atoms with Crippen LogP contribution in [0.1, 0.15) is 365 Å². The van der Waals surface area contributed by atoms with Crippen molar-refractivity contribution < 1.29 is 38.1 Å². The molecule has 2 heterocycles. The van der Waals surface area contributed by atoms with Gasteiger partial charge in [-0.05, 0) is 177 Å². The molecule has 2 aliphatic rings. The van der Waals surface area contributed by atoms with Gasteiger partial charge in [0.05, 0.1) is 48.7 Å². The highest BCUT2D eigenvalue weighted by atomic mass is 16.5. The van der Waals surface area contributed by atoms with Gasteiger partial charge in [-0.2, -0.15) is 0 Å². The molecule has 0 radical (unpaired) electrons.